The highest BCUT2D eigenvalue weighted by Crippen LogP contribution is 2.25. The average molecular weight is 217 g/mol. The normalized spacial score (nSPS) is 24.3. The summed E-state index contributed by atoms with van der Waals surface area (Å²) in [6.45, 7) is 2.01. The summed E-state index contributed by atoms with van der Waals surface area (Å²) in [6.07, 6.45) is 4.16. The van der Waals surface area contributed by atoms with E-state index in [4.69, 9.17) is 5.11 Å². The summed E-state index contributed by atoms with van der Waals surface area (Å²) in [6, 6.07) is -0.0648. The summed E-state index contributed by atoms with van der Waals surface area (Å²) < 4.78 is 0. The molecule has 0 bridgehead atoms. The Morgan fingerprint density at radius 3 is 2.93 bits per heavy atom. The second-order valence-corrected chi connectivity index (χ2v) is 4.96. The summed E-state index contributed by atoms with van der Waals surface area (Å²) in [7, 11) is 0. The number of rotatable bonds is 4. The summed E-state index contributed by atoms with van der Waals surface area (Å²) in [5.41, 5.74) is 0. The highest BCUT2D eigenvalue weighted by atomic mass is 32.2. The minimum absolute atomic E-state index is 0.0413. The van der Waals surface area contributed by atoms with E-state index < -0.39 is 0 Å². The van der Waals surface area contributed by atoms with Crippen LogP contribution >= 0.6 is 11.8 Å². The Hall–Kier alpha value is -0.220. The predicted molar refractivity (Wildman–Crippen MR) is 59.4 cm³/mol. The predicted octanol–water partition coefficient (Wildman–Crippen LogP) is 1.16. The van der Waals surface area contributed by atoms with Crippen LogP contribution in [0, 0.1) is 0 Å². The van der Waals surface area contributed by atoms with Crippen LogP contribution in [0.3, 0.4) is 0 Å². The van der Waals surface area contributed by atoms with E-state index in [9.17, 15) is 4.79 Å². The van der Waals surface area contributed by atoms with E-state index in [-0.39, 0.29) is 23.8 Å². The lowest BCUT2D eigenvalue weighted by Crippen LogP contribution is -2.42. The molecule has 0 aromatic heterocycles. The van der Waals surface area contributed by atoms with E-state index in [0.717, 1.165) is 25.0 Å². The lowest BCUT2D eigenvalue weighted by Gasteiger charge is -2.23. The average Bonchev–Trinajstić information content (AvgIpc) is 2.26. The zero-order valence-corrected chi connectivity index (χ0v) is 9.48. The van der Waals surface area contributed by atoms with Crippen LogP contribution in [0.15, 0.2) is 0 Å². The molecule has 1 unspecified atom stereocenters. The van der Waals surface area contributed by atoms with Gasteiger partial charge in [-0.15, -0.1) is 11.8 Å². The smallest absolute Gasteiger partial charge is 0.233 e. The number of amides is 1. The summed E-state index contributed by atoms with van der Waals surface area (Å²) in [5, 5.41) is 11.9. The molecule has 0 aromatic carbocycles. The van der Waals surface area contributed by atoms with Crippen molar-refractivity contribution in [3.63, 3.8) is 0 Å². The molecule has 1 rings (SSSR count). The molecule has 2 atom stereocenters. The molecule has 0 aromatic rings. The highest BCUT2D eigenvalue weighted by Gasteiger charge is 2.22. The Morgan fingerprint density at radius 1 is 1.64 bits per heavy atom. The Labute approximate surface area is 89.6 Å². The molecule has 1 saturated heterocycles. The Morgan fingerprint density at radius 2 is 2.43 bits per heavy atom. The summed E-state index contributed by atoms with van der Waals surface area (Å²) >= 11 is 1.74. The molecule has 82 valence electrons. The number of hydrogen-bond acceptors (Lipinski definition) is 3. The van der Waals surface area contributed by atoms with Crippen LogP contribution in [0.25, 0.3) is 0 Å². The zero-order valence-electron chi connectivity index (χ0n) is 8.66. The van der Waals surface area contributed by atoms with Gasteiger partial charge in [-0.3, -0.25) is 4.79 Å². The van der Waals surface area contributed by atoms with Gasteiger partial charge in [-0.2, -0.15) is 0 Å². The van der Waals surface area contributed by atoms with Crippen LogP contribution in [0.5, 0.6) is 0 Å². The third kappa shape index (κ3) is 3.50. The molecule has 0 spiro atoms. The second-order valence-electron chi connectivity index (χ2n) is 3.65. The standard InChI is InChI=1S/C10H19NO2S/c1-2-8(7-12)11-10(13)9-5-3-4-6-14-9/h8-9,12H,2-7H2,1H3,(H,11,13)/t8-,9?/m0/s1. The largest absolute Gasteiger partial charge is 0.394 e. The van der Waals surface area contributed by atoms with E-state index >= 15 is 0 Å². The number of aliphatic hydroxyl groups excluding tert-OH is 1. The van der Waals surface area contributed by atoms with Crippen molar-refractivity contribution in [2.75, 3.05) is 12.4 Å². The fourth-order valence-corrected chi connectivity index (χ4v) is 2.73. The lowest BCUT2D eigenvalue weighted by atomic mass is 10.1. The third-order valence-corrected chi connectivity index (χ3v) is 3.91. The minimum atomic E-state index is -0.0648. The van der Waals surface area contributed by atoms with Crippen molar-refractivity contribution >= 4 is 17.7 Å². The lowest BCUT2D eigenvalue weighted by molar-refractivity contribution is -0.121. The van der Waals surface area contributed by atoms with Crippen molar-refractivity contribution in [3.8, 4) is 0 Å². The summed E-state index contributed by atoms with van der Waals surface area (Å²) in [4.78, 5) is 11.7. The maximum atomic E-state index is 11.7. The van der Waals surface area contributed by atoms with Crippen molar-refractivity contribution in [1.82, 2.24) is 5.32 Å². The van der Waals surface area contributed by atoms with Gasteiger partial charge in [0.1, 0.15) is 0 Å². The molecular formula is C10H19NO2S. The monoisotopic (exact) mass is 217 g/mol. The van der Waals surface area contributed by atoms with E-state index in [1.807, 2.05) is 6.92 Å². The molecule has 4 heteroatoms. The number of carbonyl (C=O) groups is 1. The van der Waals surface area contributed by atoms with Gasteiger partial charge < -0.3 is 10.4 Å². The molecule has 3 nitrogen and oxygen atoms in total. The zero-order chi connectivity index (χ0) is 10.4. The molecular weight excluding hydrogens is 198 g/mol. The van der Waals surface area contributed by atoms with Gasteiger partial charge in [0, 0.05) is 0 Å². The first-order chi connectivity index (χ1) is 6.77. The van der Waals surface area contributed by atoms with Crippen LogP contribution in [0.1, 0.15) is 32.6 Å². The van der Waals surface area contributed by atoms with Crippen molar-refractivity contribution in [3.05, 3.63) is 0 Å². The van der Waals surface area contributed by atoms with Crippen LogP contribution in [0.2, 0.25) is 0 Å². The molecule has 2 N–H and O–H groups in total. The van der Waals surface area contributed by atoms with Gasteiger partial charge in [0.2, 0.25) is 5.91 Å². The first-order valence-corrected chi connectivity index (χ1v) is 6.35. The molecule has 0 radical (unpaired) electrons. The molecule has 14 heavy (non-hydrogen) atoms. The van der Waals surface area contributed by atoms with Crippen LogP contribution in [-0.4, -0.2) is 34.7 Å². The molecule has 0 aliphatic carbocycles. The number of thioether (sulfide) groups is 1. The molecule has 1 heterocycles. The van der Waals surface area contributed by atoms with E-state index in [1.54, 1.807) is 11.8 Å². The van der Waals surface area contributed by atoms with Crippen molar-refractivity contribution < 1.29 is 9.90 Å². The SMILES string of the molecule is CC[C@@H](CO)NC(=O)C1CCCCS1. The quantitative estimate of drug-likeness (QED) is 0.743. The number of aliphatic hydroxyl groups is 1. The van der Waals surface area contributed by atoms with Crippen molar-refractivity contribution in [2.45, 2.75) is 43.9 Å². The van der Waals surface area contributed by atoms with Gasteiger partial charge in [0.05, 0.1) is 17.9 Å². The molecule has 1 fully saturated rings. The minimum Gasteiger partial charge on any atom is -0.394 e. The fraction of sp³-hybridized carbons (Fsp3) is 0.900. The topological polar surface area (TPSA) is 49.3 Å². The number of nitrogens with one attached hydrogen (secondary N) is 1. The molecule has 1 aliphatic rings. The molecule has 1 amide bonds. The Kier molecular flexibility index (Phi) is 5.33. The second kappa shape index (κ2) is 6.30. The van der Waals surface area contributed by atoms with Gasteiger partial charge in [0.25, 0.3) is 0 Å². The van der Waals surface area contributed by atoms with Crippen LogP contribution in [-0.2, 0) is 4.79 Å². The van der Waals surface area contributed by atoms with Gasteiger partial charge >= 0.3 is 0 Å². The Balaban J connectivity index is 2.32. The van der Waals surface area contributed by atoms with E-state index in [0.29, 0.717) is 0 Å². The highest BCUT2D eigenvalue weighted by molar-refractivity contribution is 8.00. The first kappa shape index (κ1) is 11.9. The maximum absolute atomic E-state index is 11.7. The van der Waals surface area contributed by atoms with Gasteiger partial charge in [0.15, 0.2) is 0 Å². The van der Waals surface area contributed by atoms with E-state index in [1.165, 1.54) is 6.42 Å². The van der Waals surface area contributed by atoms with Crippen LogP contribution in [0.4, 0.5) is 0 Å². The first-order valence-electron chi connectivity index (χ1n) is 5.30. The number of hydrogen-bond donors (Lipinski definition) is 2. The molecule has 0 saturated carbocycles. The van der Waals surface area contributed by atoms with E-state index in [2.05, 4.69) is 5.32 Å². The summed E-state index contributed by atoms with van der Waals surface area (Å²) in [5.74, 6) is 1.20. The maximum Gasteiger partial charge on any atom is 0.233 e. The van der Waals surface area contributed by atoms with Gasteiger partial charge in [-0.25, -0.2) is 0 Å². The molecule has 1 aliphatic heterocycles. The van der Waals surface area contributed by atoms with Crippen molar-refractivity contribution in [1.29, 1.82) is 0 Å². The fourth-order valence-electron chi connectivity index (χ4n) is 1.52. The number of carbonyl (C=O) groups excluding carboxylic acids is 1. The third-order valence-electron chi connectivity index (χ3n) is 2.53. The Bertz CT molecular complexity index is 177. The van der Waals surface area contributed by atoms with Gasteiger partial charge in [-0.1, -0.05) is 13.3 Å². The van der Waals surface area contributed by atoms with Crippen molar-refractivity contribution in [2.24, 2.45) is 0 Å². The van der Waals surface area contributed by atoms with Crippen LogP contribution < -0.4 is 5.32 Å². The van der Waals surface area contributed by atoms with Gasteiger partial charge in [-0.05, 0) is 25.0 Å².